The lowest BCUT2D eigenvalue weighted by Crippen LogP contribution is -1.91. The second-order valence-electron chi connectivity index (χ2n) is 3.62. The van der Waals surface area contributed by atoms with Gasteiger partial charge in [0.2, 0.25) is 0 Å². The maximum absolute atomic E-state index is 5.13. The average Bonchev–Trinajstić information content (AvgIpc) is 2.42. The summed E-state index contributed by atoms with van der Waals surface area (Å²) in [5.41, 5.74) is 4.91. The number of hydrogen-bond donors (Lipinski definition) is 1. The molecule has 0 aliphatic carbocycles. The van der Waals surface area contributed by atoms with Crippen LogP contribution in [0, 0.1) is 0 Å². The molecule has 0 unspecified atom stereocenters. The molecule has 0 atom stereocenters. The van der Waals surface area contributed by atoms with Gasteiger partial charge in [-0.1, -0.05) is 18.2 Å². The van der Waals surface area contributed by atoms with Gasteiger partial charge in [0, 0.05) is 10.0 Å². The lowest BCUT2D eigenvalue weighted by molar-refractivity contribution is 0.414. The molecule has 0 amide bonds. The first-order valence-corrected chi connectivity index (χ1v) is 6.26. The van der Waals surface area contributed by atoms with Gasteiger partial charge in [0.25, 0.3) is 0 Å². The van der Waals surface area contributed by atoms with E-state index in [2.05, 4.69) is 26.5 Å². The lowest BCUT2D eigenvalue weighted by Gasteiger charge is -2.03. The zero-order chi connectivity index (χ0) is 12.8. The number of benzene rings is 2. The van der Waals surface area contributed by atoms with Gasteiger partial charge in [0.15, 0.2) is 0 Å². The molecule has 3 nitrogen and oxygen atoms in total. The van der Waals surface area contributed by atoms with Gasteiger partial charge in [-0.15, -0.1) is 0 Å². The van der Waals surface area contributed by atoms with Gasteiger partial charge >= 0.3 is 0 Å². The SMILES string of the molecule is COc1ccc(C=NNc2ccccc2)c(Br)c1. The third-order valence-corrected chi connectivity index (χ3v) is 3.07. The Bertz CT molecular complexity index is 541. The summed E-state index contributed by atoms with van der Waals surface area (Å²) in [6.07, 6.45) is 1.76. The molecule has 18 heavy (non-hydrogen) atoms. The van der Waals surface area contributed by atoms with E-state index in [0.717, 1.165) is 21.5 Å². The van der Waals surface area contributed by atoms with Gasteiger partial charge in [-0.2, -0.15) is 5.10 Å². The Balaban J connectivity index is 2.05. The maximum atomic E-state index is 5.13. The van der Waals surface area contributed by atoms with E-state index in [1.807, 2.05) is 48.5 Å². The molecule has 2 rings (SSSR count). The van der Waals surface area contributed by atoms with Crippen LogP contribution in [0.2, 0.25) is 0 Å². The largest absolute Gasteiger partial charge is 0.497 e. The van der Waals surface area contributed by atoms with Crippen molar-refractivity contribution in [2.45, 2.75) is 0 Å². The van der Waals surface area contributed by atoms with Crippen LogP contribution in [-0.2, 0) is 0 Å². The van der Waals surface area contributed by atoms with Crippen molar-refractivity contribution >= 4 is 27.8 Å². The normalized spacial score (nSPS) is 10.6. The first kappa shape index (κ1) is 12.6. The highest BCUT2D eigenvalue weighted by atomic mass is 79.9. The quantitative estimate of drug-likeness (QED) is 0.686. The molecule has 0 saturated heterocycles. The molecule has 2 aromatic carbocycles. The van der Waals surface area contributed by atoms with E-state index in [1.165, 1.54) is 0 Å². The molecule has 0 fully saturated rings. The maximum Gasteiger partial charge on any atom is 0.120 e. The van der Waals surface area contributed by atoms with Crippen molar-refractivity contribution in [3.8, 4) is 5.75 Å². The summed E-state index contributed by atoms with van der Waals surface area (Å²) in [4.78, 5) is 0. The van der Waals surface area contributed by atoms with Crippen molar-refractivity contribution in [2.24, 2.45) is 5.10 Å². The minimum Gasteiger partial charge on any atom is -0.497 e. The number of anilines is 1. The van der Waals surface area contributed by atoms with Crippen molar-refractivity contribution in [3.05, 3.63) is 58.6 Å². The average molecular weight is 305 g/mol. The summed E-state index contributed by atoms with van der Waals surface area (Å²) in [5, 5.41) is 4.18. The molecule has 0 spiro atoms. The van der Waals surface area contributed by atoms with E-state index >= 15 is 0 Å². The summed E-state index contributed by atoms with van der Waals surface area (Å²) in [5.74, 6) is 0.815. The number of nitrogens with one attached hydrogen (secondary N) is 1. The molecular weight excluding hydrogens is 292 g/mol. The van der Waals surface area contributed by atoms with Crippen molar-refractivity contribution in [3.63, 3.8) is 0 Å². The Labute approximate surface area is 115 Å². The number of nitrogens with zero attached hydrogens (tertiary/aromatic N) is 1. The highest BCUT2D eigenvalue weighted by Gasteiger charge is 1.98. The van der Waals surface area contributed by atoms with E-state index in [1.54, 1.807) is 13.3 Å². The van der Waals surface area contributed by atoms with Crippen LogP contribution >= 0.6 is 15.9 Å². The molecule has 0 heterocycles. The number of hydrazone groups is 1. The van der Waals surface area contributed by atoms with Crippen molar-refractivity contribution in [2.75, 3.05) is 12.5 Å². The minimum absolute atomic E-state index is 0.815. The first-order valence-electron chi connectivity index (χ1n) is 5.47. The fraction of sp³-hybridized carbons (Fsp3) is 0.0714. The van der Waals surface area contributed by atoms with E-state index in [4.69, 9.17) is 4.74 Å². The van der Waals surface area contributed by atoms with E-state index in [-0.39, 0.29) is 0 Å². The number of ether oxygens (including phenoxy) is 1. The predicted molar refractivity (Wildman–Crippen MR) is 78.4 cm³/mol. The third kappa shape index (κ3) is 3.34. The highest BCUT2D eigenvalue weighted by Crippen LogP contribution is 2.21. The first-order chi connectivity index (χ1) is 8.79. The Hall–Kier alpha value is -1.81. The standard InChI is InChI=1S/C14H13BrN2O/c1-18-13-8-7-11(14(15)9-13)10-16-17-12-5-3-2-4-6-12/h2-10,17H,1H3. The topological polar surface area (TPSA) is 33.6 Å². The third-order valence-electron chi connectivity index (χ3n) is 2.38. The Morgan fingerprint density at radius 2 is 1.94 bits per heavy atom. The number of halogens is 1. The van der Waals surface area contributed by atoms with E-state index in [0.29, 0.717) is 0 Å². The zero-order valence-corrected chi connectivity index (χ0v) is 11.5. The predicted octanol–water partition coefficient (Wildman–Crippen LogP) is 3.90. The molecule has 0 aromatic heterocycles. The van der Waals surface area contributed by atoms with E-state index in [9.17, 15) is 0 Å². The van der Waals surface area contributed by atoms with Gasteiger partial charge < -0.3 is 4.74 Å². The monoisotopic (exact) mass is 304 g/mol. The Kier molecular flexibility index (Phi) is 4.36. The van der Waals surface area contributed by atoms with Crippen LogP contribution in [0.4, 0.5) is 5.69 Å². The van der Waals surface area contributed by atoms with Crippen LogP contribution in [0.1, 0.15) is 5.56 Å². The smallest absolute Gasteiger partial charge is 0.120 e. The van der Waals surface area contributed by atoms with Crippen molar-refractivity contribution < 1.29 is 4.74 Å². The molecule has 2 aromatic rings. The zero-order valence-electron chi connectivity index (χ0n) is 9.93. The molecule has 0 aliphatic heterocycles. The molecule has 4 heteroatoms. The summed E-state index contributed by atoms with van der Waals surface area (Å²) in [6, 6.07) is 15.6. The molecule has 0 bridgehead atoms. The number of hydrogen-bond acceptors (Lipinski definition) is 3. The van der Waals surface area contributed by atoms with Crippen LogP contribution in [-0.4, -0.2) is 13.3 Å². The molecule has 0 saturated carbocycles. The fourth-order valence-electron chi connectivity index (χ4n) is 1.43. The molecule has 0 aliphatic rings. The Morgan fingerprint density at radius 3 is 2.61 bits per heavy atom. The van der Waals surface area contributed by atoms with Gasteiger partial charge in [-0.25, -0.2) is 0 Å². The summed E-state index contributed by atoms with van der Waals surface area (Å²) in [6.45, 7) is 0. The van der Waals surface area contributed by atoms with Crippen LogP contribution in [0.25, 0.3) is 0 Å². The van der Waals surface area contributed by atoms with Crippen LogP contribution in [0.15, 0.2) is 58.1 Å². The van der Waals surface area contributed by atoms with Crippen LogP contribution in [0.5, 0.6) is 5.75 Å². The second-order valence-corrected chi connectivity index (χ2v) is 4.48. The Morgan fingerprint density at radius 1 is 1.17 bits per heavy atom. The number of methoxy groups -OCH3 is 1. The van der Waals surface area contributed by atoms with Crippen molar-refractivity contribution in [1.29, 1.82) is 0 Å². The summed E-state index contributed by atoms with van der Waals surface area (Å²) >= 11 is 3.48. The lowest BCUT2D eigenvalue weighted by atomic mass is 10.2. The molecule has 0 radical (unpaired) electrons. The minimum atomic E-state index is 0.815. The van der Waals surface area contributed by atoms with Gasteiger partial charge in [-0.05, 0) is 46.3 Å². The molecule has 92 valence electrons. The fourth-order valence-corrected chi connectivity index (χ4v) is 1.89. The number of rotatable bonds is 4. The highest BCUT2D eigenvalue weighted by molar-refractivity contribution is 9.10. The molecule has 1 N–H and O–H groups in total. The number of para-hydroxylation sites is 1. The van der Waals surface area contributed by atoms with Gasteiger partial charge in [0.1, 0.15) is 5.75 Å². The van der Waals surface area contributed by atoms with Crippen LogP contribution < -0.4 is 10.2 Å². The molecular formula is C14H13BrN2O. The van der Waals surface area contributed by atoms with Crippen molar-refractivity contribution in [1.82, 2.24) is 0 Å². The van der Waals surface area contributed by atoms with Gasteiger partial charge in [-0.3, -0.25) is 5.43 Å². The van der Waals surface area contributed by atoms with E-state index < -0.39 is 0 Å². The summed E-state index contributed by atoms with van der Waals surface area (Å²) < 4.78 is 6.08. The van der Waals surface area contributed by atoms with Gasteiger partial charge in [0.05, 0.1) is 19.0 Å². The summed E-state index contributed by atoms with van der Waals surface area (Å²) in [7, 11) is 1.65. The second kappa shape index (κ2) is 6.21. The van der Waals surface area contributed by atoms with Crippen LogP contribution in [0.3, 0.4) is 0 Å².